The summed E-state index contributed by atoms with van der Waals surface area (Å²) in [6.45, 7) is 0. The molecule has 0 saturated heterocycles. The van der Waals surface area contributed by atoms with Gasteiger partial charge in [-0.1, -0.05) is 6.42 Å². The fourth-order valence-corrected chi connectivity index (χ4v) is 2.90. The van der Waals surface area contributed by atoms with Crippen LogP contribution >= 0.6 is 0 Å². The number of hydrogen-bond acceptors (Lipinski definition) is 6. The zero-order valence-corrected chi connectivity index (χ0v) is 13.2. The average Bonchev–Trinajstić information content (AvgIpc) is 2.90. The highest BCUT2D eigenvalue weighted by Crippen LogP contribution is 2.29. The molecule has 7 nitrogen and oxygen atoms in total. The Balaban J connectivity index is 1.87. The van der Waals surface area contributed by atoms with E-state index in [0.29, 0.717) is 0 Å². The molecular weight excluding hydrogens is 351 g/mol. The maximum atomic E-state index is 12.4. The van der Waals surface area contributed by atoms with Crippen LogP contribution in [0.3, 0.4) is 0 Å². The highest BCUT2D eigenvalue weighted by Gasteiger charge is 2.49. The van der Waals surface area contributed by atoms with Crippen LogP contribution in [-0.2, 0) is 10.1 Å². The van der Waals surface area contributed by atoms with Crippen LogP contribution in [0, 0.1) is 0 Å². The summed E-state index contributed by atoms with van der Waals surface area (Å²) in [7, 11) is -5.78. The molecule has 1 aliphatic carbocycles. The van der Waals surface area contributed by atoms with Crippen LogP contribution in [0.4, 0.5) is 13.2 Å². The second-order valence-corrected chi connectivity index (χ2v) is 6.94. The Morgan fingerprint density at radius 1 is 1.21 bits per heavy atom. The van der Waals surface area contributed by atoms with Gasteiger partial charge in [-0.05, 0) is 25.7 Å². The quantitative estimate of drug-likeness (QED) is 0.612. The van der Waals surface area contributed by atoms with Crippen molar-refractivity contribution in [2.24, 2.45) is 0 Å². The highest BCUT2D eigenvalue weighted by atomic mass is 32.2. The lowest BCUT2D eigenvalue weighted by atomic mass is 9.98. The van der Waals surface area contributed by atoms with Crippen molar-refractivity contribution >= 4 is 15.8 Å². The van der Waals surface area contributed by atoms with E-state index in [1.807, 2.05) is 0 Å². The van der Waals surface area contributed by atoms with E-state index in [-0.39, 0.29) is 17.6 Å². The Bertz CT molecular complexity index is 829. The van der Waals surface area contributed by atoms with Crippen molar-refractivity contribution in [3.8, 4) is 11.8 Å². The minimum atomic E-state index is -5.78. The molecule has 0 N–H and O–H groups in total. The molecule has 0 aliphatic heterocycles. The van der Waals surface area contributed by atoms with Gasteiger partial charge < -0.3 is 8.92 Å². The number of alkyl halides is 3. The molecule has 1 saturated carbocycles. The third kappa shape index (κ3) is 3.40. The van der Waals surface area contributed by atoms with Gasteiger partial charge in [0.1, 0.15) is 6.10 Å². The maximum Gasteiger partial charge on any atom is 0.534 e. The molecule has 1 fully saturated rings. The van der Waals surface area contributed by atoms with Gasteiger partial charge in [0.05, 0.1) is 6.20 Å². The minimum Gasteiger partial charge on any atom is -0.472 e. The van der Waals surface area contributed by atoms with Crippen molar-refractivity contribution in [3.63, 3.8) is 0 Å². The Kier molecular flexibility index (Phi) is 4.28. The molecule has 0 bridgehead atoms. The van der Waals surface area contributed by atoms with E-state index in [1.165, 1.54) is 16.8 Å². The maximum absolute atomic E-state index is 12.4. The summed E-state index contributed by atoms with van der Waals surface area (Å²) < 4.78 is 70.3. The third-order valence-electron chi connectivity index (χ3n) is 3.63. The first-order valence-electron chi connectivity index (χ1n) is 7.27. The van der Waals surface area contributed by atoms with Gasteiger partial charge in [0.15, 0.2) is 0 Å². The van der Waals surface area contributed by atoms with Crippen molar-refractivity contribution in [1.29, 1.82) is 0 Å². The number of ether oxygens (including phenoxy) is 1. The zero-order valence-electron chi connectivity index (χ0n) is 12.4. The minimum absolute atomic E-state index is 0.0440. The van der Waals surface area contributed by atoms with Crippen molar-refractivity contribution in [2.75, 3.05) is 0 Å². The van der Waals surface area contributed by atoms with Gasteiger partial charge >= 0.3 is 15.6 Å². The first kappa shape index (κ1) is 16.8. The summed E-state index contributed by atoms with van der Waals surface area (Å²) in [6, 6.07) is 0. The second-order valence-electron chi connectivity index (χ2n) is 5.40. The summed E-state index contributed by atoms with van der Waals surface area (Å²) in [5.41, 5.74) is -5.43. The second kappa shape index (κ2) is 6.11. The Morgan fingerprint density at radius 2 is 1.92 bits per heavy atom. The van der Waals surface area contributed by atoms with Crippen LogP contribution in [0.25, 0.3) is 5.65 Å². The first-order valence-corrected chi connectivity index (χ1v) is 8.68. The van der Waals surface area contributed by atoms with Gasteiger partial charge in [-0.2, -0.15) is 26.6 Å². The number of nitrogens with zero attached hydrogens (tertiary/aromatic N) is 3. The van der Waals surface area contributed by atoms with E-state index in [4.69, 9.17) is 4.74 Å². The van der Waals surface area contributed by atoms with E-state index in [1.54, 1.807) is 0 Å². The Morgan fingerprint density at radius 3 is 2.58 bits per heavy atom. The third-order valence-corrected chi connectivity index (χ3v) is 4.59. The largest absolute Gasteiger partial charge is 0.534 e. The average molecular weight is 365 g/mol. The Labute approximate surface area is 135 Å². The Hall–Kier alpha value is -2.04. The van der Waals surface area contributed by atoms with Crippen LogP contribution in [0.5, 0.6) is 11.8 Å². The molecule has 2 aromatic rings. The normalized spacial score (nSPS) is 17.1. The molecule has 0 aromatic carbocycles. The van der Waals surface area contributed by atoms with Gasteiger partial charge in [-0.25, -0.2) is 4.98 Å². The van der Waals surface area contributed by atoms with Crippen molar-refractivity contribution < 1.29 is 30.5 Å². The SMILES string of the molecule is O=S(=O)(Oc1cn2ccnc(OC3CCCCC3)c2n1)C(F)(F)F. The smallest absolute Gasteiger partial charge is 0.472 e. The number of fused-ring (bicyclic) bond motifs is 1. The molecule has 24 heavy (non-hydrogen) atoms. The number of halogens is 3. The molecule has 0 spiro atoms. The molecule has 2 heterocycles. The molecule has 0 unspecified atom stereocenters. The van der Waals surface area contributed by atoms with E-state index < -0.39 is 21.5 Å². The summed E-state index contributed by atoms with van der Waals surface area (Å²) in [4.78, 5) is 7.78. The van der Waals surface area contributed by atoms with Crippen molar-refractivity contribution in [2.45, 2.75) is 43.7 Å². The van der Waals surface area contributed by atoms with Crippen LogP contribution in [0.15, 0.2) is 18.6 Å². The van der Waals surface area contributed by atoms with Crippen LogP contribution in [0.1, 0.15) is 32.1 Å². The lowest BCUT2D eigenvalue weighted by molar-refractivity contribution is -0.0501. The molecule has 132 valence electrons. The standard InChI is InChI=1S/C13H14F3N3O4S/c14-13(15,16)24(20,21)23-10-8-19-7-6-17-12(11(19)18-10)22-9-4-2-1-3-5-9/h6-9H,1-5H2. The summed E-state index contributed by atoms with van der Waals surface area (Å²) >= 11 is 0. The van der Waals surface area contributed by atoms with Gasteiger partial charge in [0.2, 0.25) is 5.65 Å². The lowest BCUT2D eigenvalue weighted by Gasteiger charge is -2.22. The predicted molar refractivity (Wildman–Crippen MR) is 76.1 cm³/mol. The highest BCUT2D eigenvalue weighted by molar-refractivity contribution is 7.87. The van der Waals surface area contributed by atoms with E-state index in [2.05, 4.69) is 14.2 Å². The van der Waals surface area contributed by atoms with Gasteiger partial charge in [0, 0.05) is 12.4 Å². The van der Waals surface area contributed by atoms with Gasteiger partial charge in [0.25, 0.3) is 11.8 Å². The number of aromatic nitrogens is 3. The molecule has 2 aromatic heterocycles. The van der Waals surface area contributed by atoms with Crippen LogP contribution < -0.4 is 8.92 Å². The molecule has 3 rings (SSSR count). The molecule has 0 atom stereocenters. The van der Waals surface area contributed by atoms with Crippen molar-refractivity contribution in [3.05, 3.63) is 18.6 Å². The van der Waals surface area contributed by atoms with Crippen molar-refractivity contribution in [1.82, 2.24) is 14.4 Å². The van der Waals surface area contributed by atoms with Gasteiger partial charge in [-0.15, -0.1) is 0 Å². The zero-order chi connectivity index (χ0) is 17.4. The van der Waals surface area contributed by atoms with E-state index in [0.717, 1.165) is 38.3 Å². The summed E-state index contributed by atoms with van der Waals surface area (Å²) in [5.74, 6) is -0.572. The molecule has 1 aliphatic rings. The number of hydrogen-bond donors (Lipinski definition) is 0. The molecule has 0 amide bonds. The van der Waals surface area contributed by atoms with Crippen LogP contribution in [0.2, 0.25) is 0 Å². The number of imidazole rings is 1. The first-order chi connectivity index (χ1) is 11.3. The van der Waals surface area contributed by atoms with Gasteiger partial charge in [-0.3, -0.25) is 4.40 Å². The van der Waals surface area contributed by atoms with E-state index >= 15 is 0 Å². The topological polar surface area (TPSA) is 82.8 Å². The summed E-state index contributed by atoms with van der Waals surface area (Å²) in [6.07, 6.45) is 8.67. The monoisotopic (exact) mass is 365 g/mol. The molecular formula is C13H14F3N3O4S. The van der Waals surface area contributed by atoms with E-state index in [9.17, 15) is 21.6 Å². The number of rotatable bonds is 4. The fourth-order valence-electron chi connectivity index (χ4n) is 2.50. The van der Waals surface area contributed by atoms with Crippen LogP contribution in [-0.4, -0.2) is 34.4 Å². The molecule has 0 radical (unpaired) electrons. The predicted octanol–water partition coefficient (Wildman–Crippen LogP) is 2.67. The fraction of sp³-hybridized carbons (Fsp3) is 0.538. The molecule has 11 heteroatoms. The lowest BCUT2D eigenvalue weighted by Crippen LogP contribution is -2.28. The summed E-state index contributed by atoms with van der Waals surface area (Å²) in [5, 5.41) is 0.